The highest BCUT2D eigenvalue weighted by Crippen LogP contribution is 2.17. The molecule has 1 amide bonds. The zero-order valence-electron chi connectivity index (χ0n) is 17.9. The number of carbonyl (C=O) groups excluding carboxylic acids is 1. The fraction of sp³-hybridized carbons (Fsp3) is 0.333. The van der Waals surface area contributed by atoms with Crippen molar-refractivity contribution in [3.8, 4) is 11.4 Å². The molecule has 0 saturated carbocycles. The van der Waals surface area contributed by atoms with Crippen LogP contribution < -0.4 is 15.0 Å². The second kappa shape index (κ2) is 8.90. The molecule has 4 rings (SSSR count). The van der Waals surface area contributed by atoms with E-state index in [0.29, 0.717) is 25.6 Å². The van der Waals surface area contributed by atoms with Gasteiger partial charge in [-0.15, -0.1) is 0 Å². The van der Waals surface area contributed by atoms with Crippen LogP contribution in [-0.2, 0) is 18.4 Å². The van der Waals surface area contributed by atoms with Crippen LogP contribution in [0.1, 0.15) is 5.69 Å². The summed E-state index contributed by atoms with van der Waals surface area (Å²) in [4.78, 5) is 20.7. The molecule has 3 heterocycles. The first-order valence-corrected chi connectivity index (χ1v) is 10.0. The lowest BCUT2D eigenvalue weighted by molar-refractivity contribution is -0.120. The van der Waals surface area contributed by atoms with Crippen LogP contribution in [0, 0.1) is 0 Å². The van der Waals surface area contributed by atoms with Gasteiger partial charge in [0.05, 0.1) is 36.9 Å². The topological polar surface area (TPSA) is 92.8 Å². The molecule has 2 aromatic heterocycles. The molecule has 10 nitrogen and oxygen atoms in total. The van der Waals surface area contributed by atoms with Gasteiger partial charge in [-0.25, -0.2) is 4.68 Å². The number of nitrogens with zero attached hydrogens (tertiary/aromatic N) is 7. The van der Waals surface area contributed by atoms with Gasteiger partial charge in [0.2, 0.25) is 5.91 Å². The molecule has 0 radical (unpaired) electrons. The monoisotopic (exact) mass is 422 g/mol. The number of hydrogen-bond donors (Lipinski definition) is 1. The van der Waals surface area contributed by atoms with E-state index in [4.69, 9.17) is 4.74 Å². The third kappa shape index (κ3) is 4.52. The van der Waals surface area contributed by atoms with Gasteiger partial charge in [0.15, 0.2) is 5.96 Å². The van der Waals surface area contributed by atoms with Crippen molar-refractivity contribution in [2.75, 3.05) is 38.7 Å². The number of rotatable bonds is 5. The van der Waals surface area contributed by atoms with E-state index in [1.54, 1.807) is 29.9 Å². The molecule has 3 aromatic rings. The Kier molecular flexibility index (Phi) is 5.87. The molecule has 0 spiro atoms. The molecule has 1 fully saturated rings. The molecular formula is C21H26N8O2. The number of anilines is 1. The van der Waals surface area contributed by atoms with Gasteiger partial charge >= 0.3 is 0 Å². The Balaban J connectivity index is 1.35. The van der Waals surface area contributed by atoms with Crippen molar-refractivity contribution < 1.29 is 9.53 Å². The second-order valence-electron chi connectivity index (χ2n) is 7.19. The smallest absolute Gasteiger partial charge is 0.246 e. The molecular weight excluding hydrogens is 396 g/mol. The van der Waals surface area contributed by atoms with E-state index in [0.717, 1.165) is 22.8 Å². The van der Waals surface area contributed by atoms with Gasteiger partial charge in [0.25, 0.3) is 0 Å². The Hall–Kier alpha value is -3.82. The summed E-state index contributed by atoms with van der Waals surface area (Å²) >= 11 is 0. The molecule has 0 atom stereocenters. The Morgan fingerprint density at radius 1 is 1.19 bits per heavy atom. The summed E-state index contributed by atoms with van der Waals surface area (Å²) in [6.07, 6.45) is 5.47. The van der Waals surface area contributed by atoms with Gasteiger partial charge in [0.1, 0.15) is 12.3 Å². The van der Waals surface area contributed by atoms with Gasteiger partial charge in [-0.05, 0) is 30.3 Å². The van der Waals surface area contributed by atoms with Crippen LogP contribution in [-0.4, -0.2) is 70.1 Å². The molecule has 1 aliphatic heterocycles. The first-order chi connectivity index (χ1) is 15.1. The maximum Gasteiger partial charge on any atom is 0.246 e. The number of nitrogens with one attached hydrogen (secondary N) is 1. The lowest BCUT2D eigenvalue weighted by Gasteiger charge is -2.35. The van der Waals surface area contributed by atoms with Gasteiger partial charge in [-0.1, -0.05) is 0 Å². The normalized spacial score (nSPS) is 14.8. The van der Waals surface area contributed by atoms with Crippen LogP contribution in [0.5, 0.6) is 5.75 Å². The minimum atomic E-state index is 0.0194. The van der Waals surface area contributed by atoms with Crippen molar-refractivity contribution in [1.82, 2.24) is 29.8 Å². The van der Waals surface area contributed by atoms with Crippen LogP contribution in [0.15, 0.2) is 53.9 Å². The predicted molar refractivity (Wildman–Crippen MR) is 117 cm³/mol. The maximum absolute atomic E-state index is 12.7. The molecule has 1 N–H and O–H groups in total. The van der Waals surface area contributed by atoms with Crippen molar-refractivity contribution in [2.24, 2.45) is 12.0 Å². The van der Waals surface area contributed by atoms with E-state index in [1.165, 1.54) is 0 Å². The van der Waals surface area contributed by atoms with Crippen LogP contribution in [0.3, 0.4) is 0 Å². The number of aromatic nitrogens is 4. The summed E-state index contributed by atoms with van der Waals surface area (Å²) in [5.74, 6) is 1.50. The third-order valence-electron chi connectivity index (χ3n) is 5.14. The van der Waals surface area contributed by atoms with Crippen molar-refractivity contribution in [2.45, 2.75) is 6.54 Å². The summed E-state index contributed by atoms with van der Waals surface area (Å²) < 4.78 is 8.71. The molecule has 0 bridgehead atoms. The SMILES string of the molecule is CN=C(NCc1ccn(-c2ccc(OC)cc2)n1)N1CCN(c2cnn(C)c2)C(=O)C1. The quantitative estimate of drug-likeness (QED) is 0.488. The first kappa shape index (κ1) is 20.5. The fourth-order valence-corrected chi connectivity index (χ4v) is 3.51. The van der Waals surface area contributed by atoms with Crippen molar-refractivity contribution in [3.63, 3.8) is 0 Å². The minimum Gasteiger partial charge on any atom is -0.497 e. The minimum absolute atomic E-state index is 0.0194. The molecule has 10 heteroatoms. The van der Waals surface area contributed by atoms with Crippen molar-refractivity contribution >= 4 is 17.6 Å². The fourth-order valence-electron chi connectivity index (χ4n) is 3.51. The van der Waals surface area contributed by atoms with Gasteiger partial charge in [0, 0.05) is 39.6 Å². The van der Waals surface area contributed by atoms with E-state index in [9.17, 15) is 4.79 Å². The maximum atomic E-state index is 12.7. The van der Waals surface area contributed by atoms with E-state index in [2.05, 4.69) is 20.5 Å². The van der Waals surface area contributed by atoms with Crippen molar-refractivity contribution in [1.29, 1.82) is 0 Å². The number of benzene rings is 1. The summed E-state index contributed by atoms with van der Waals surface area (Å²) in [6.45, 7) is 2.03. The molecule has 1 aliphatic rings. The van der Waals surface area contributed by atoms with E-state index in [-0.39, 0.29) is 12.5 Å². The number of hydrogen-bond acceptors (Lipinski definition) is 5. The molecule has 0 unspecified atom stereocenters. The number of amides is 1. The van der Waals surface area contributed by atoms with Gasteiger partial charge in [-0.2, -0.15) is 10.2 Å². The zero-order valence-corrected chi connectivity index (χ0v) is 17.9. The summed E-state index contributed by atoms with van der Waals surface area (Å²) in [7, 11) is 5.20. The number of aryl methyl sites for hydroxylation is 1. The molecule has 1 saturated heterocycles. The van der Waals surface area contributed by atoms with Gasteiger partial charge < -0.3 is 19.9 Å². The number of methoxy groups -OCH3 is 1. The Morgan fingerprint density at radius 2 is 2.00 bits per heavy atom. The predicted octanol–water partition coefficient (Wildman–Crippen LogP) is 1.04. The highest BCUT2D eigenvalue weighted by molar-refractivity contribution is 5.98. The lowest BCUT2D eigenvalue weighted by atomic mass is 10.3. The standard InChI is InChI=1S/C21H26N8O2/c1-22-21(27-10-11-28(20(30)15-27)18-13-24-26(2)14-18)23-12-16-8-9-29(25-16)17-4-6-19(31-3)7-5-17/h4-9,13-14H,10-12,15H2,1-3H3,(H,22,23). The summed E-state index contributed by atoms with van der Waals surface area (Å²) in [6, 6.07) is 9.67. The summed E-state index contributed by atoms with van der Waals surface area (Å²) in [5.41, 5.74) is 2.64. The zero-order chi connectivity index (χ0) is 21.8. The van der Waals surface area contributed by atoms with Crippen molar-refractivity contribution in [3.05, 3.63) is 54.6 Å². The number of ether oxygens (including phenoxy) is 1. The van der Waals surface area contributed by atoms with Crippen LogP contribution in [0.2, 0.25) is 0 Å². The summed E-state index contributed by atoms with van der Waals surface area (Å²) in [5, 5.41) is 12.1. The molecule has 31 heavy (non-hydrogen) atoms. The number of aliphatic imine (C=N–C) groups is 1. The largest absolute Gasteiger partial charge is 0.497 e. The Bertz CT molecular complexity index is 1070. The highest BCUT2D eigenvalue weighted by Gasteiger charge is 2.27. The van der Waals surface area contributed by atoms with Crippen LogP contribution >= 0.6 is 0 Å². The number of carbonyl (C=O) groups is 1. The van der Waals surface area contributed by atoms with Gasteiger partial charge in [-0.3, -0.25) is 14.5 Å². The van der Waals surface area contributed by atoms with E-state index >= 15 is 0 Å². The average molecular weight is 422 g/mol. The third-order valence-corrected chi connectivity index (χ3v) is 5.14. The van der Waals surface area contributed by atoms with E-state index < -0.39 is 0 Å². The number of piperazine rings is 1. The van der Waals surface area contributed by atoms with E-state index in [1.807, 2.05) is 59.4 Å². The van der Waals surface area contributed by atoms with Crippen LogP contribution in [0.4, 0.5) is 5.69 Å². The second-order valence-corrected chi connectivity index (χ2v) is 7.19. The first-order valence-electron chi connectivity index (χ1n) is 10.0. The average Bonchev–Trinajstić information content (AvgIpc) is 3.43. The number of guanidine groups is 1. The highest BCUT2D eigenvalue weighted by atomic mass is 16.5. The Morgan fingerprint density at radius 3 is 2.65 bits per heavy atom. The lowest BCUT2D eigenvalue weighted by Crippen LogP contribution is -2.55. The van der Waals surface area contributed by atoms with Crippen LogP contribution in [0.25, 0.3) is 5.69 Å². The molecule has 0 aliphatic carbocycles. The Labute approximate surface area is 180 Å². The molecule has 1 aromatic carbocycles. The molecule has 162 valence electrons.